The summed E-state index contributed by atoms with van der Waals surface area (Å²) in [5.41, 5.74) is 1.67. The lowest BCUT2D eigenvalue weighted by atomic mass is 9.95. The van der Waals surface area contributed by atoms with Gasteiger partial charge in [0.05, 0.1) is 11.6 Å². The van der Waals surface area contributed by atoms with Gasteiger partial charge in [-0.3, -0.25) is 4.79 Å². The van der Waals surface area contributed by atoms with Crippen molar-refractivity contribution in [2.75, 3.05) is 13.2 Å². The number of alkyl halides is 3. The highest BCUT2D eigenvalue weighted by molar-refractivity contribution is 5.92. The minimum Gasteiger partial charge on any atom is -0.444 e. The van der Waals surface area contributed by atoms with Crippen molar-refractivity contribution < 1.29 is 32.2 Å². The molecule has 1 fully saturated rings. The topological polar surface area (TPSA) is 102 Å². The third-order valence-corrected chi connectivity index (χ3v) is 6.89. The Morgan fingerprint density at radius 1 is 1.02 bits per heavy atom. The van der Waals surface area contributed by atoms with Crippen LogP contribution in [0.5, 0.6) is 0 Å². The van der Waals surface area contributed by atoms with Crippen LogP contribution in [-0.4, -0.2) is 40.8 Å². The Hall–Kier alpha value is -3.99. The van der Waals surface area contributed by atoms with Crippen LogP contribution in [0, 0.1) is 0 Å². The second-order valence-corrected chi connectivity index (χ2v) is 11.3. The van der Waals surface area contributed by atoms with E-state index in [2.05, 4.69) is 20.6 Å². The zero-order valence-corrected chi connectivity index (χ0v) is 24.0. The van der Waals surface area contributed by atoms with Crippen molar-refractivity contribution in [2.45, 2.75) is 70.8 Å². The van der Waals surface area contributed by atoms with Gasteiger partial charge in [0.25, 0.3) is 5.91 Å². The van der Waals surface area contributed by atoms with Gasteiger partial charge in [0.2, 0.25) is 0 Å². The number of ether oxygens (including phenoxy) is 2. The molecule has 11 heteroatoms. The first kappa shape index (κ1) is 31.0. The predicted octanol–water partition coefficient (Wildman–Crippen LogP) is 6.57. The summed E-state index contributed by atoms with van der Waals surface area (Å²) < 4.78 is 51.3. The zero-order valence-electron chi connectivity index (χ0n) is 24.0. The second kappa shape index (κ2) is 12.9. The Bertz CT molecular complexity index is 1400. The van der Waals surface area contributed by atoms with Crippen LogP contribution in [0.1, 0.15) is 85.4 Å². The van der Waals surface area contributed by atoms with Gasteiger partial charge in [-0.2, -0.15) is 13.2 Å². The lowest BCUT2D eigenvalue weighted by molar-refractivity contribution is -0.137. The van der Waals surface area contributed by atoms with Gasteiger partial charge in [-0.1, -0.05) is 30.3 Å². The van der Waals surface area contributed by atoms with Crippen LogP contribution in [0.25, 0.3) is 11.1 Å². The monoisotopic (exact) mass is 584 g/mol. The highest BCUT2D eigenvalue weighted by Crippen LogP contribution is 2.34. The largest absolute Gasteiger partial charge is 0.444 e. The molecule has 1 aliphatic rings. The van der Waals surface area contributed by atoms with Crippen molar-refractivity contribution in [3.63, 3.8) is 0 Å². The van der Waals surface area contributed by atoms with E-state index in [1.54, 1.807) is 51.1 Å². The zero-order chi connectivity index (χ0) is 30.5. The Labute approximate surface area is 243 Å². The number of nitrogens with zero attached hydrogens (tertiary/aromatic N) is 2. The number of hydrogen-bond acceptors (Lipinski definition) is 6. The number of hydrogen-bond donors (Lipinski definition) is 2. The normalized spacial score (nSPS) is 15.1. The predicted molar refractivity (Wildman–Crippen MR) is 151 cm³/mol. The molecule has 0 spiro atoms. The summed E-state index contributed by atoms with van der Waals surface area (Å²) in [7, 11) is 0. The van der Waals surface area contributed by atoms with Gasteiger partial charge < -0.3 is 20.1 Å². The first-order valence-corrected chi connectivity index (χ1v) is 13.8. The third-order valence-electron chi connectivity index (χ3n) is 6.89. The van der Waals surface area contributed by atoms with Crippen molar-refractivity contribution in [3.8, 4) is 11.1 Å². The number of rotatable bonds is 7. The lowest BCUT2D eigenvalue weighted by Gasteiger charge is -2.21. The van der Waals surface area contributed by atoms with E-state index in [4.69, 9.17) is 9.47 Å². The second-order valence-electron chi connectivity index (χ2n) is 11.3. The summed E-state index contributed by atoms with van der Waals surface area (Å²) in [6.45, 7) is 8.27. The van der Waals surface area contributed by atoms with Crippen LogP contribution < -0.4 is 10.6 Å². The van der Waals surface area contributed by atoms with Crippen molar-refractivity contribution in [1.82, 2.24) is 20.6 Å². The van der Waals surface area contributed by atoms with E-state index in [9.17, 15) is 22.8 Å². The first-order chi connectivity index (χ1) is 19.8. The van der Waals surface area contributed by atoms with Crippen LogP contribution in [-0.2, 0) is 22.2 Å². The van der Waals surface area contributed by atoms with E-state index < -0.39 is 29.5 Å². The van der Waals surface area contributed by atoms with Crippen molar-refractivity contribution >= 4 is 12.0 Å². The van der Waals surface area contributed by atoms with Crippen LogP contribution in [0.2, 0.25) is 0 Å². The average Bonchev–Trinajstić information content (AvgIpc) is 2.95. The summed E-state index contributed by atoms with van der Waals surface area (Å²) in [4.78, 5) is 33.6. The number of carbonyl (C=O) groups is 2. The first-order valence-electron chi connectivity index (χ1n) is 13.8. The minimum atomic E-state index is -4.53. The SMILES string of the molecule is C[C@@H](NC(=O)c1cc(C2CCOCC2)ncn1)c1ccc(-c2cc(C(F)(F)F)ccc2CNC(=O)OC(C)(C)C)cc1. The molecule has 8 nitrogen and oxygen atoms in total. The molecule has 0 saturated carbocycles. The van der Waals surface area contributed by atoms with Gasteiger partial charge >= 0.3 is 12.3 Å². The number of nitrogens with one attached hydrogen (secondary N) is 2. The average molecular weight is 585 g/mol. The van der Waals surface area contributed by atoms with Crippen molar-refractivity contribution in [1.29, 1.82) is 0 Å². The molecule has 1 aliphatic heterocycles. The van der Waals surface area contributed by atoms with Crippen LogP contribution >= 0.6 is 0 Å². The molecule has 1 saturated heterocycles. The van der Waals surface area contributed by atoms with E-state index in [0.29, 0.717) is 29.9 Å². The van der Waals surface area contributed by atoms with Gasteiger partial charge in [-0.05, 0) is 81.0 Å². The Morgan fingerprint density at radius 3 is 2.36 bits per heavy atom. The number of alkyl carbamates (subject to hydrolysis) is 1. The number of aromatic nitrogens is 2. The summed E-state index contributed by atoms with van der Waals surface area (Å²) in [5.74, 6) is -0.131. The molecule has 2 N–H and O–H groups in total. The minimum absolute atomic E-state index is 0.0224. The van der Waals surface area contributed by atoms with Gasteiger partial charge in [0.1, 0.15) is 17.6 Å². The van der Waals surface area contributed by atoms with E-state index in [1.165, 1.54) is 12.4 Å². The molecule has 42 heavy (non-hydrogen) atoms. The van der Waals surface area contributed by atoms with E-state index in [0.717, 1.165) is 36.2 Å². The van der Waals surface area contributed by atoms with Crippen LogP contribution in [0.3, 0.4) is 0 Å². The molecule has 1 aromatic heterocycles. The molecule has 0 bridgehead atoms. The van der Waals surface area contributed by atoms with Gasteiger partial charge in [0.15, 0.2) is 0 Å². The highest BCUT2D eigenvalue weighted by Gasteiger charge is 2.31. The van der Waals surface area contributed by atoms with Crippen molar-refractivity contribution in [2.24, 2.45) is 0 Å². The number of benzene rings is 2. The summed E-state index contributed by atoms with van der Waals surface area (Å²) in [5, 5.41) is 5.54. The molecule has 1 atom stereocenters. The van der Waals surface area contributed by atoms with Gasteiger partial charge in [-0.25, -0.2) is 14.8 Å². The van der Waals surface area contributed by atoms with Crippen molar-refractivity contribution in [3.05, 3.63) is 82.9 Å². The molecule has 0 radical (unpaired) electrons. The summed E-state index contributed by atoms with van der Waals surface area (Å²) >= 11 is 0. The molecule has 3 aromatic rings. The van der Waals surface area contributed by atoms with E-state index in [-0.39, 0.29) is 24.1 Å². The number of halogens is 3. The van der Waals surface area contributed by atoms with Gasteiger partial charge in [-0.15, -0.1) is 0 Å². The maximum atomic E-state index is 13.5. The Morgan fingerprint density at radius 2 is 1.71 bits per heavy atom. The maximum absolute atomic E-state index is 13.5. The fourth-order valence-corrected chi connectivity index (χ4v) is 4.68. The quantitative estimate of drug-likeness (QED) is 0.326. The molecule has 2 amide bonds. The van der Waals surface area contributed by atoms with Gasteiger partial charge in [0, 0.05) is 31.4 Å². The van der Waals surface area contributed by atoms with Crippen LogP contribution in [0.15, 0.2) is 54.9 Å². The molecule has 0 unspecified atom stereocenters. The molecule has 4 rings (SSSR count). The fraction of sp³-hybridized carbons (Fsp3) is 0.419. The number of amides is 2. The van der Waals surface area contributed by atoms with Crippen LogP contribution in [0.4, 0.5) is 18.0 Å². The van der Waals surface area contributed by atoms with E-state index in [1.807, 2.05) is 6.92 Å². The molecule has 2 aromatic carbocycles. The molecule has 224 valence electrons. The maximum Gasteiger partial charge on any atom is 0.416 e. The molecular formula is C31H35F3N4O4. The summed E-state index contributed by atoms with van der Waals surface area (Å²) in [6.07, 6.45) is -2.13. The number of carbonyl (C=O) groups excluding carboxylic acids is 2. The third kappa shape index (κ3) is 8.28. The summed E-state index contributed by atoms with van der Waals surface area (Å²) in [6, 6.07) is 11.6. The molecule has 0 aliphatic carbocycles. The molecular weight excluding hydrogens is 549 g/mol. The lowest BCUT2D eigenvalue weighted by Crippen LogP contribution is -2.32. The highest BCUT2D eigenvalue weighted by atomic mass is 19.4. The Balaban J connectivity index is 1.49. The smallest absolute Gasteiger partial charge is 0.416 e. The molecule has 2 heterocycles. The van der Waals surface area contributed by atoms with E-state index >= 15 is 0 Å². The Kier molecular flexibility index (Phi) is 9.50. The fourth-order valence-electron chi connectivity index (χ4n) is 4.68. The standard InChI is InChI=1S/C31H35F3N4O4/c1-19(38-28(39)27-16-26(36-18-37-27)22-11-13-41-14-12-22)20-5-7-21(8-6-20)25-15-24(31(32,33)34)10-9-23(25)17-35-29(40)42-30(2,3)4/h5-10,15-16,18-19,22H,11-14,17H2,1-4H3,(H,35,40)(H,38,39)/t19-/m1/s1.